The molecule has 18 heavy (non-hydrogen) atoms. The summed E-state index contributed by atoms with van der Waals surface area (Å²) in [6.45, 7) is 1.65. The molecule has 2 aromatic rings. The number of rotatable bonds is 4. The number of benzene rings is 1. The lowest BCUT2D eigenvalue weighted by Crippen LogP contribution is -2.10. The first-order valence-corrected chi connectivity index (χ1v) is 6.43. The highest BCUT2D eigenvalue weighted by atomic mass is 35.5. The summed E-state index contributed by atoms with van der Waals surface area (Å²) in [7, 11) is 0. The van der Waals surface area contributed by atoms with Gasteiger partial charge in [0.25, 0.3) is 0 Å². The Morgan fingerprint density at radius 1 is 1.39 bits per heavy atom. The van der Waals surface area contributed by atoms with E-state index in [-0.39, 0.29) is 18.2 Å². The predicted octanol–water partition coefficient (Wildman–Crippen LogP) is 4.11. The Bertz CT molecular complexity index is 580. The van der Waals surface area contributed by atoms with E-state index in [1.807, 2.05) is 0 Å². The number of hydrogen-bond donors (Lipinski definition) is 0. The smallest absolute Gasteiger partial charge is 0.210 e. The molecule has 0 aliphatic carbocycles. The molecule has 0 fully saturated rings. The summed E-state index contributed by atoms with van der Waals surface area (Å²) in [5, 5.41) is 0. The normalized spacial score (nSPS) is 10.4. The molecule has 2 rings (SSSR count). The van der Waals surface area contributed by atoms with Crippen LogP contribution in [0.5, 0.6) is 5.75 Å². The van der Waals surface area contributed by atoms with E-state index in [0.717, 1.165) is 0 Å². The fraction of sp³-hybridized carbons (Fsp3) is 0.154. The molecule has 0 aliphatic rings. The molecule has 0 saturated carbocycles. The SMILES string of the molecule is Cc1cc(F)ccc1OCC(=O)c1ccc(Cl)s1. The Labute approximate surface area is 113 Å². The summed E-state index contributed by atoms with van der Waals surface area (Å²) in [6, 6.07) is 7.51. The highest BCUT2D eigenvalue weighted by Crippen LogP contribution is 2.23. The van der Waals surface area contributed by atoms with Crippen molar-refractivity contribution in [3.05, 3.63) is 50.9 Å². The summed E-state index contributed by atoms with van der Waals surface area (Å²) in [6.07, 6.45) is 0. The predicted molar refractivity (Wildman–Crippen MR) is 70.3 cm³/mol. The van der Waals surface area contributed by atoms with Crippen LogP contribution < -0.4 is 4.74 Å². The van der Waals surface area contributed by atoms with E-state index in [1.165, 1.54) is 29.5 Å². The lowest BCUT2D eigenvalue weighted by atomic mass is 10.2. The van der Waals surface area contributed by atoms with Gasteiger partial charge in [0.2, 0.25) is 5.78 Å². The number of carbonyl (C=O) groups excluding carboxylic acids is 1. The quantitative estimate of drug-likeness (QED) is 0.790. The first kappa shape index (κ1) is 13.1. The summed E-state index contributed by atoms with van der Waals surface area (Å²) >= 11 is 6.96. The van der Waals surface area contributed by atoms with Crippen LogP contribution in [0.3, 0.4) is 0 Å². The maximum atomic E-state index is 12.9. The van der Waals surface area contributed by atoms with Gasteiger partial charge in [-0.3, -0.25) is 4.79 Å². The van der Waals surface area contributed by atoms with Crippen molar-refractivity contribution in [2.45, 2.75) is 6.92 Å². The van der Waals surface area contributed by atoms with Gasteiger partial charge < -0.3 is 4.74 Å². The van der Waals surface area contributed by atoms with Crippen LogP contribution in [0.15, 0.2) is 30.3 Å². The monoisotopic (exact) mass is 284 g/mol. The molecule has 5 heteroatoms. The van der Waals surface area contributed by atoms with E-state index in [1.54, 1.807) is 19.1 Å². The first-order chi connectivity index (χ1) is 8.56. The van der Waals surface area contributed by atoms with E-state index in [2.05, 4.69) is 0 Å². The van der Waals surface area contributed by atoms with Crippen molar-refractivity contribution >= 4 is 28.7 Å². The van der Waals surface area contributed by atoms with Crippen LogP contribution in [0.25, 0.3) is 0 Å². The molecule has 0 saturated heterocycles. The molecule has 2 nitrogen and oxygen atoms in total. The molecule has 0 unspecified atom stereocenters. The number of ketones is 1. The van der Waals surface area contributed by atoms with Crippen LogP contribution in [0.4, 0.5) is 4.39 Å². The minimum absolute atomic E-state index is 0.0800. The average Bonchev–Trinajstić information content (AvgIpc) is 2.74. The third-order valence-electron chi connectivity index (χ3n) is 2.34. The van der Waals surface area contributed by atoms with Gasteiger partial charge in [-0.05, 0) is 42.8 Å². The Morgan fingerprint density at radius 3 is 2.78 bits per heavy atom. The molecule has 0 spiro atoms. The summed E-state index contributed by atoms with van der Waals surface area (Å²) < 4.78 is 18.8. The fourth-order valence-electron chi connectivity index (χ4n) is 1.45. The molecule has 0 amide bonds. The van der Waals surface area contributed by atoms with Gasteiger partial charge in [0.15, 0.2) is 6.61 Å². The molecule has 94 valence electrons. The molecular formula is C13H10ClFO2S. The first-order valence-electron chi connectivity index (χ1n) is 5.24. The minimum atomic E-state index is -0.323. The van der Waals surface area contributed by atoms with Crippen molar-refractivity contribution in [2.24, 2.45) is 0 Å². The number of carbonyl (C=O) groups is 1. The third kappa shape index (κ3) is 3.09. The Hall–Kier alpha value is -1.39. The molecule has 0 bridgehead atoms. The molecule has 0 atom stereocenters. The maximum absolute atomic E-state index is 12.9. The second kappa shape index (κ2) is 5.50. The van der Waals surface area contributed by atoms with Crippen LogP contribution in [0.1, 0.15) is 15.2 Å². The van der Waals surface area contributed by atoms with Crippen LogP contribution >= 0.6 is 22.9 Å². The molecule has 0 aliphatic heterocycles. The van der Waals surface area contributed by atoms with Crippen LogP contribution in [-0.4, -0.2) is 12.4 Å². The van der Waals surface area contributed by atoms with Gasteiger partial charge in [-0.15, -0.1) is 11.3 Å². The molecular weight excluding hydrogens is 275 g/mol. The average molecular weight is 285 g/mol. The number of Topliss-reactive ketones (excluding diaryl/α,β-unsaturated/α-hetero) is 1. The van der Waals surface area contributed by atoms with Gasteiger partial charge in [0.1, 0.15) is 11.6 Å². The van der Waals surface area contributed by atoms with Gasteiger partial charge in [0, 0.05) is 0 Å². The Morgan fingerprint density at radius 2 is 2.17 bits per heavy atom. The Kier molecular flexibility index (Phi) is 3.99. The lowest BCUT2D eigenvalue weighted by Gasteiger charge is -2.07. The second-order valence-corrected chi connectivity index (χ2v) is 5.44. The minimum Gasteiger partial charge on any atom is -0.485 e. The topological polar surface area (TPSA) is 26.3 Å². The standard InChI is InChI=1S/C13H10ClFO2S/c1-8-6-9(15)2-3-11(8)17-7-10(16)12-4-5-13(14)18-12/h2-6H,7H2,1H3. The highest BCUT2D eigenvalue weighted by Gasteiger charge is 2.10. The van der Waals surface area contributed by atoms with Gasteiger partial charge in [-0.2, -0.15) is 0 Å². The number of hydrogen-bond acceptors (Lipinski definition) is 3. The van der Waals surface area contributed by atoms with Crippen LogP contribution in [0, 0.1) is 12.7 Å². The van der Waals surface area contributed by atoms with E-state index in [9.17, 15) is 9.18 Å². The molecule has 0 radical (unpaired) electrons. The zero-order valence-electron chi connectivity index (χ0n) is 9.57. The van der Waals surface area contributed by atoms with E-state index in [4.69, 9.17) is 16.3 Å². The fourth-order valence-corrected chi connectivity index (χ4v) is 2.42. The zero-order valence-corrected chi connectivity index (χ0v) is 11.1. The maximum Gasteiger partial charge on any atom is 0.210 e. The number of thiophene rings is 1. The zero-order chi connectivity index (χ0) is 13.1. The summed E-state index contributed by atoms with van der Waals surface area (Å²) in [5.74, 6) is 0.0410. The van der Waals surface area contributed by atoms with E-state index in [0.29, 0.717) is 20.5 Å². The summed E-state index contributed by atoms with van der Waals surface area (Å²) in [4.78, 5) is 12.3. The Balaban J connectivity index is 2.01. The van der Waals surface area contributed by atoms with Crippen LogP contribution in [0.2, 0.25) is 4.34 Å². The van der Waals surface area contributed by atoms with E-state index >= 15 is 0 Å². The number of ether oxygens (including phenoxy) is 1. The third-order valence-corrected chi connectivity index (χ3v) is 3.62. The van der Waals surface area contributed by atoms with Gasteiger partial charge in [-0.25, -0.2) is 4.39 Å². The van der Waals surface area contributed by atoms with Crippen LogP contribution in [-0.2, 0) is 0 Å². The molecule has 1 aromatic heterocycles. The van der Waals surface area contributed by atoms with Crippen molar-refractivity contribution in [1.82, 2.24) is 0 Å². The van der Waals surface area contributed by atoms with E-state index < -0.39 is 0 Å². The molecule has 0 N–H and O–H groups in total. The van der Waals surface area contributed by atoms with Crippen molar-refractivity contribution < 1.29 is 13.9 Å². The number of halogens is 2. The van der Waals surface area contributed by atoms with Gasteiger partial charge in [0.05, 0.1) is 9.21 Å². The number of aryl methyl sites for hydroxylation is 1. The van der Waals surface area contributed by atoms with Crippen molar-refractivity contribution in [2.75, 3.05) is 6.61 Å². The largest absolute Gasteiger partial charge is 0.485 e. The lowest BCUT2D eigenvalue weighted by molar-refractivity contribution is 0.0925. The van der Waals surface area contributed by atoms with Crippen molar-refractivity contribution in [1.29, 1.82) is 0 Å². The van der Waals surface area contributed by atoms with Crippen molar-refractivity contribution in [3.63, 3.8) is 0 Å². The highest BCUT2D eigenvalue weighted by molar-refractivity contribution is 7.18. The van der Waals surface area contributed by atoms with Gasteiger partial charge >= 0.3 is 0 Å². The summed E-state index contributed by atoms with van der Waals surface area (Å²) in [5.41, 5.74) is 0.659. The molecule has 1 heterocycles. The van der Waals surface area contributed by atoms with Gasteiger partial charge in [-0.1, -0.05) is 11.6 Å². The van der Waals surface area contributed by atoms with Crippen molar-refractivity contribution in [3.8, 4) is 5.75 Å². The second-order valence-electron chi connectivity index (χ2n) is 3.73. The molecule has 1 aromatic carbocycles.